The highest BCUT2D eigenvalue weighted by Crippen LogP contribution is 2.30. The molecule has 0 saturated carbocycles. The molecule has 0 radical (unpaired) electrons. The number of nitrogens with zero attached hydrogens (tertiary/aromatic N) is 1. The van der Waals surface area contributed by atoms with Gasteiger partial charge in [-0.2, -0.15) is 0 Å². The molecule has 2 aromatic carbocycles. The van der Waals surface area contributed by atoms with Crippen molar-refractivity contribution in [2.45, 2.75) is 0 Å². The Morgan fingerprint density at radius 2 is 1.82 bits per heavy atom. The van der Waals surface area contributed by atoms with E-state index in [1.807, 2.05) is 22.6 Å². The monoisotopic (exact) mass is 583 g/mol. The second-order valence-electron chi connectivity index (χ2n) is 6.17. The number of carbonyl (C=O) groups excluding carboxylic acids is 1. The van der Waals surface area contributed by atoms with Crippen LogP contribution >= 0.6 is 22.6 Å². The van der Waals surface area contributed by atoms with Crippen LogP contribution in [0.4, 0.5) is 24.5 Å². The molecular weight excluding hydrogens is 562 g/mol. The zero-order valence-corrected chi connectivity index (χ0v) is 19.3. The van der Waals surface area contributed by atoms with E-state index in [2.05, 4.69) is 20.8 Å². The van der Waals surface area contributed by atoms with Gasteiger partial charge in [-0.1, -0.05) is 5.16 Å². The van der Waals surface area contributed by atoms with Crippen LogP contribution in [0.2, 0.25) is 0 Å². The molecule has 9 nitrogen and oxygen atoms in total. The zero-order valence-electron chi connectivity index (χ0n) is 17.1. The van der Waals surface area contributed by atoms with E-state index in [4.69, 9.17) is 19.8 Å². The highest BCUT2D eigenvalue weighted by molar-refractivity contribution is 14.1. The summed E-state index contributed by atoms with van der Waals surface area (Å²) in [6.45, 7) is -0.655. The van der Waals surface area contributed by atoms with Gasteiger partial charge in [0.15, 0.2) is 11.6 Å². The molecule has 0 fully saturated rings. The molecule has 0 bridgehead atoms. The first-order chi connectivity index (χ1) is 15.9. The van der Waals surface area contributed by atoms with Crippen molar-refractivity contribution >= 4 is 46.1 Å². The third-order valence-electron chi connectivity index (χ3n) is 3.85. The molecule has 0 aliphatic carbocycles. The predicted molar refractivity (Wildman–Crippen MR) is 121 cm³/mol. The fraction of sp³-hybridized carbons (Fsp3) is 0.300. The molecule has 2 aromatic rings. The number of benzene rings is 2. The van der Waals surface area contributed by atoms with Crippen LogP contribution in [0.1, 0.15) is 15.9 Å². The lowest BCUT2D eigenvalue weighted by atomic mass is 10.1. The van der Waals surface area contributed by atoms with Gasteiger partial charge in [0.2, 0.25) is 0 Å². The van der Waals surface area contributed by atoms with Gasteiger partial charge in [-0.3, -0.25) is 9.63 Å². The fourth-order valence-electron chi connectivity index (χ4n) is 2.39. The van der Waals surface area contributed by atoms with Crippen LogP contribution < -0.4 is 10.8 Å². The van der Waals surface area contributed by atoms with Gasteiger partial charge in [0, 0.05) is 9.13 Å². The van der Waals surface area contributed by atoms with E-state index in [-0.39, 0.29) is 45.3 Å². The number of amides is 1. The number of carbonyl (C=O) groups is 1. The summed E-state index contributed by atoms with van der Waals surface area (Å²) >= 11 is 1.88. The van der Waals surface area contributed by atoms with E-state index in [9.17, 15) is 18.0 Å². The van der Waals surface area contributed by atoms with Crippen molar-refractivity contribution in [3.8, 4) is 0 Å². The minimum Gasteiger partial charge on any atom is -0.394 e. The lowest BCUT2D eigenvalue weighted by Gasteiger charge is -2.16. The van der Waals surface area contributed by atoms with Crippen molar-refractivity contribution in [2.24, 2.45) is 5.16 Å². The summed E-state index contributed by atoms with van der Waals surface area (Å²) in [6.07, 6.45) is 0.823. The predicted octanol–water partition coefficient (Wildman–Crippen LogP) is 2.47. The highest BCUT2D eigenvalue weighted by Gasteiger charge is 2.23. The molecule has 0 saturated heterocycles. The quantitative estimate of drug-likeness (QED) is 0.124. The molecule has 180 valence electrons. The first-order valence-corrected chi connectivity index (χ1v) is 10.6. The molecule has 4 N–H and O–H groups in total. The van der Waals surface area contributed by atoms with Gasteiger partial charge in [-0.15, -0.1) is 0 Å². The van der Waals surface area contributed by atoms with Gasteiger partial charge in [-0.25, -0.2) is 18.7 Å². The summed E-state index contributed by atoms with van der Waals surface area (Å²) < 4.78 is 49.3. The number of rotatable bonds is 13. The number of aliphatic hydroxyl groups is 2. The number of hydroxylamine groups is 1. The second kappa shape index (κ2) is 13.9. The molecule has 0 spiro atoms. The summed E-state index contributed by atoms with van der Waals surface area (Å²) in [6, 6.07) is 4.99. The van der Waals surface area contributed by atoms with Gasteiger partial charge in [0.25, 0.3) is 5.91 Å². The number of anilines is 2. The Labute approximate surface area is 200 Å². The Bertz CT molecular complexity index is 981. The summed E-state index contributed by atoms with van der Waals surface area (Å²) in [5, 5.41) is 23.1. The topological polar surface area (TPSA) is 122 Å². The number of aliphatic hydroxyl groups excluding tert-OH is 2. The Kier molecular flexibility index (Phi) is 11.3. The van der Waals surface area contributed by atoms with Crippen molar-refractivity contribution in [3.05, 3.63) is 56.4 Å². The number of ether oxygens (including phenoxy) is 1. The van der Waals surface area contributed by atoms with Gasteiger partial charge in [-0.05, 0) is 46.9 Å². The van der Waals surface area contributed by atoms with E-state index in [0.717, 1.165) is 12.3 Å². The first kappa shape index (κ1) is 26.8. The third-order valence-corrected chi connectivity index (χ3v) is 4.52. The normalized spacial score (nSPS) is 11.1. The fourth-order valence-corrected chi connectivity index (χ4v) is 2.85. The lowest BCUT2D eigenvalue weighted by molar-refractivity contribution is -0.00621. The van der Waals surface area contributed by atoms with Gasteiger partial charge >= 0.3 is 0 Å². The minimum absolute atomic E-state index is 0.0533. The molecule has 13 heteroatoms. The summed E-state index contributed by atoms with van der Waals surface area (Å²) in [7, 11) is 0. The van der Waals surface area contributed by atoms with Crippen LogP contribution in [-0.4, -0.2) is 62.0 Å². The average Bonchev–Trinajstić information content (AvgIpc) is 2.79. The smallest absolute Gasteiger partial charge is 0.277 e. The van der Waals surface area contributed by atoms with Crippen LogP contribution in [-0.2, 0) is 14.4 Å². The Balaban J connectivity index is 2.33. The van der Waals surface area contributed by atoms with Crippen molar-refractivity contribution < 1.29 is 42.6 Å². The molecule has 1 amide bonds. The maximum absolute atomic E-state index is 14.9. The molecule has 0 aliphatic heterocycles. The van der Waals surface area contributed by atoms with Crippen LogP contribution in [0, 0.1) is 21.0 Å². The maximum atomic E-state index is 14.9. The first-order valence-electron chi connectivity index (χ1n) is 9.50. The van der Waals surface area contributed by atoms with Crippen molar-refractivity contribution in [2.75, 3.05) is 45.0 Å². The van der Waals surface area contributed by atoms with E-state index >= 15 is 0 Å². The average molecular weight is 583 g/mol. The number of nitrogens with one attached hydrogen (secondary N) is 2. The standard InChI is InChI=1S/C20H21F3IN3O6/c21-15-10-13(24)1-2-16(15)26-19-14(20(30)27-33-8-7-31-5-3-28)9-12(17(22)18(19)23)11-25-32-6-4-29/h1-2,9-11,26,28-29H,3-8H2,(H,27,30)/b25-11+. The molecule has 0 atom stereocenters. The Hall–Kier alpha value is -2.46. The summed E-state index contributed by atoms with van der Waals surface area (Å²) in [5.74, 6) is -4.53. The zero-order chi connectivity index (χ0) is 24.2. The van der Waals surface area contributed by atoms with E-state index in [0.29, 0.717) is 3.57 Å². The maximum Gasteiger partial charge on any atom is 0.277 e. The number of halogens is 4. The molecule has 2 rings (SSSR count). The number of hydrogen-bond donors (Lipinski definition) is 4. The van der Waals surface area contributed by atoms with Crippen molar-refractivity contribution in [1.82, 2.24) is 5.48 Å². The second-order valence-corrected chi connectivity index (χ2v) is 7.42. The molecule has 0 unspecified atom stereocenters. The molecule has 33 heavy (non-hydrogen) atoms. The highest BCUT2D eigenvalue weighted by atomic mass is 127. The van der Waals surface area contributed by atoms with Crippen LogP contribution in [0.15, 0.2) is 29.4 Å². The number of hydrogen-bond acceptors (Lipinski definition) is 8. The molecular formula is C20H21F3IN3O6. The van der Waals surface area contributed by atoms with Crippen LogP contribution in [0.3, 0.4) is 0 Å². The van der Waals surface area contributed by atoms with Crippen molar-refractivity contribution in [1.29, 1.82) is 0 Å². The SMILES string of the molecule is O=C(NOCCOCCO)c1cc(/C=N/OCCO)c(F)c(F)c1Nc1ccc(I)cc1F. The van der Waals surface area contributed by atoms with Gasteiger partial charge in [0.05, 0.1) is 56.2 Å². The van der Waals surface area contributed by atoms with Crippen molar-refractivity contribution in [3.63, 3.8) is 0 Å². The number of oxime groups is 1. The summed E-state index contributed by atoms with van der Waals surface area (Å²) in [5.41, 5.74) is 0.404. The van der Waals surface area contributed by atoms with Gasteiger partial charge in [0.1, 0.15) is 12.4 Å². The molecule has 0 aromatic heterocycles. The lowest BCUT2D eigenvalue weighted by Crippen LogP contribution is -2.27. The van der Waals surface area contributed by atoms with E-state index < -0.39 is 40.2 Å². The summed E-state index contributed by atoms with van der Waals surface area (Å²) in [4.78, 5) is 22.2. The molecule has 0 heterocycles. The largest absolute Gasteiger partial charge is 0.394 e. The van der Waals surface area contributed by atoms with E-state index in [1.54, 1.807) is 0 Å². The van der Waals surface area contributed by atoms with E-state index in [1.165, 1.54) is 18.2 Å². The Morgan fingerprint density at radius 3 is 2.52 bits per heavy atom. The van der Waals surface area contributed by atoms with Crippen LogP contribution in [0.25, 0.3) is 0 Å². The third kappa shape index (κ3) is 8.12. The Morgan fingerprint density at radius 1 is 1.06 bits per heavy atom. The minimum atomic E-state index is -1.46. The van der Waals surface area contributed by atoms with Crippen LogP contribution in [0.5, 0.6) is 0 Å². The van der Waals surface area contributed by atoms with Gasteiger partial charge < -0.3 is 25.1 Å². The molecule has 0 aliphatic rings.